The van der Waals surface area contributed by atoms with Gasteiger partial charge in [0, 0.05) is 30.7 Å². The number of amides is 2. The van der Waals surface area contributed by atoms with E-state index in [1.54, 1.807) is 11.0 Å². The number of fused-ring (bicyclic) bond motifs is 1. The van der Waals surface area contributed by atoms with Gasteiger partial charge in [-0.2, -0.15) is 13.2 Å². The summed E-state index contributed by atoms with van der Waals surface area (Å²) in [6.45, 7) is 4.56. The summed E-state index contributed by atoms with van der Waals surface area (Å²) in [5.41, 5.74) is 1.49. The van der Waals surface area contributed by atoms with Crippen molar-refractivity contribution in [1.82, 2.24) is 19.9 Å². The number of nitrogens with one attached hydrogen (secondary N) is 1. The van der Waals surface area contributed by atoms with Crippen LogP contribution in [0.25, 0.3) is 11.1 Å². The second-order valence-electron chi connectivity index (χ2n) is 10.5. The summed E-state index contributed by atoms with van der Waals surface area (Å²) in [7, 11) is -3.84. The summed E-state index contributed by atoms with van der Waals surface area (Å²) in [6.07, 6.45) is 0.738. The Hall–Kier alpha value is -3.74. The molecule has 0 spiro atoms. The van der Waals surface area contributed by atoms with E-state index in [0.29, 0.717) is 33.2 Å². The van der Waals surface area contributed by atoms with Crippen LogP contribution in [0.3, 0.4) is 0 Å². The second-order valence-corrected chi connectivity index (χ2v) is 12.4. The molecule has 5 rings (SSSR count). The lowest BCUT2D eigenvalue weighted by molar-refractivity contribution is -0.143. The van der Waals surface area contributed by atoms with Crippen LogP contribution in [0.1, 0.15) is 58.8 Å². The third-order valence-electron chi connectivity index (χ3n) is 7.63. The van der Waals surface area contributed by atoms with Crippen LogP contribution in [-0.2, 0) is 16.4 Å². The topological polar surface area (TPSA) is 116 Å². The molecule has 0 saturated heterocycles. The lowest BCUT2D eigenvalue weighted by Gasteiger charge is -2.29. The van der Waals surface area contributed by atoms with Crippen molar-refractivity contribution in [3.8, 4) is 11.1 Å². The first kappa shape index (κ1) is 27.8. The SMILES string of the molecule is Cc1[nH]cnc1C(=O)N(c1cc(-c2cc3c(c(S(C)(=O)=O)c2)C(=O)N([C@@H](C)C2CC2)C3)ccn1)C(C)C(F)(F)F. The number of imidazole rings is 1. The Kier molecular flexibility index (Phi) is 6.76. The molecule has 212 valence electrons. The fraction of sp³-hybridized carbons (Fsp3) is 0.407. The molecule has 1 unspecified atom stereocenters. The zero-order chi connectivity index (χ0) is 29.1. The number of pyridine rings is 1. The quantitative estimate of drug-likeness (QED) is 0.443. The fourth-order valence-electron chi connectivity index (χ4n) is 5.10. The van der Waals surface area contributed by atoms with Crippen molar-refractivity contribution in [1.29, 1.82) is 0 Å². The van der Waals surface area contributed by atoms with E-state index in [1.165, 1.54) is 37.6 Å². The zero-order valence-electron chi connectivity index (χ0n) is 22.3. The molecule has 1 N–H and O–H groups in total. The van der Waals surface area contributed by atoms with Gasteiger partial charge in [0.2, 0.25) is 0 Å². The number of H-pyrrole nitrogens is 1. The number of aromatic nitrogens is 3. The van der Waals surface area contributed by atoms with Crippen LogP contribution in [0.2, 0.25) is 0 Å². The summed E-state index contributed by atoms with van der Waals surface area (Å²) < 4.78 is 67.3. The average Bonchev–Trinajstić information content (AvgIpc) is 3.56. The van der Waals surface area contributed by atoms with E-state index in [9.17, 15) is 31.2 Å². The Labute approximate surface area is 229 Å². The van der Waals surface area contributed by atoms with Gasteiger partial charge in [0.15, 0.2) is 9.84 Å². The lowest BCUT2D eigenvalue weighted by atomic mass is 10.0. The number of nitrogens with zero attached hydrogens (tertiary/aromatic N) is 4. The molecule has 2 atom stereocenters. The maximum absolute atomic E-state index is 13.9. The number of rotatable bonds is 7. The molecule has 0 bridgehead atoms. The Balaban J connectivity index is 1.61. The van der Waals surface area contributed by atoms with Crippen LogP contribution in [-0.4, -0.2) is 64.6 Å². The number of aromatic amines is 1. The Bertz CT molecular complexity index is 1610. The highest BCUT2D eigenvalue weighted by Crippen LogP contribution is 2.41. The largest absolute Gasteiger partial charge is 0.409 e. The summed E-state index contributed by atoms with van der Waals surface area (Å²) in [6, 6.07) is 3.57. The highest BCUT2D eigenvalue weighted by molar-refractivity contribution is 7.90. The van der Waals surface area contributed by atoms with Crippen molar-refractivity contribution in [2.24, 2.45) is 5.92 Å². The molecule has 1 aromatic carbocycles. The molecule has 1 aliphatic heterocycles. The fourth-order valence-corrected chi connectivity index (χ4v) is 6.03. The van der Waals surface area contributed by atoms with E-state index in [-0.39, 0.29) is 40.5 Å². The van der Waals surface area contributed by atoms with Gasteiger partial charge >= 0.3 is 6.18 Å². The van der Waals surface area contributed by atoms with Crippen molar-refractivity contribution in [2.75, 3.05) is 11.2 Å². The van der Waals surface area contributed by atoms with Crippen molar-refractivity contribution in [2.45, 2.75) is 63.3 Å². The normalized spacial score (nSPS) is 17.1. The number of aryl methyl sites for hydroxylation is 1. The van der Waals surface area contributed by atoms with Gasteiger partial charge in [-0.15, -0.1) is 0 Å². The maximum atomic E-state index is 13.9. The molecule has 1 fully saturated rings. The van der Waals surface area contributed by atoms with Gasteiger partial charge in [0.25, 0.3) is 11.8 Å². The van der Waals surface area contributed by atoms with Crippen molar-refractivity contribution >= 4 is 27.5 Å². The zero-order valence-corrected chi connectivity index (χ0v) is 23.1. The van der Waals surface area contributed by atoms with Crippen molar-refractivity contribution in [3.05, 3.63) is 59.3 Å². The first-order chi connectivity index (χ1) is 18.7. The minimum absolute atomic E-state index is 0.0442. The van der Waals surface area contributed by atoms with E-state index in [1.807, 2.05) is 6.92 Å². The standard InChI is InChI=1S/C27H28F3N5O4S/c1-14-24(33-13-32-14)26(37)35(16(3)27(28,29)30)22-11-18(7-8-31-22)19-9-20-12-34(15(2)17-5-6-17)25(36)23(20)21(10-19)40(4,38)39/h7-11,13,15-17H,5-6,12H2,1-4H3,(H,32,33)/t15-,16?/m0/s1. The molecule has 0 radical (unpaired) electrons. The lowest BCUT2D eigenvalue weighted by Crippen LogP contribution is -2.48. The molecular weight excluding hydrogens is 547 g/mol. The molecule has 9 nitrogen and oxygen atoms in total. The molecule has 40 heavy (non-hydrogen) atoms. The third-order valence-corrected chi connectivity index (χ3v) is 8.75. The van der Waals surface area contributed by atoms with E-state index in [4.69, 9.17) is 0 Å². The number of hydrogen-bond donors (Lipinski definition) is 1. The van der Waals surface area contributed by atoms with Gasteiger partial charge in [0.05, 0.1) is 16.8 Å². The van der Waals surface area contributed by atoms with Gasteiger partial charge in [-0.1, -0.05) is 0 Å². The minimum atomic E-state index is -4.77. The van der Waals surface area contributed by atoms with E-state index in [2.05, 4.69) is 15.0 Å². The predicted octanol–water partition coefficient (Wildman–Crippen LogP) is 4.54. The van der Waals surface area contributed by atoms with Crippen molar-refractivity contribution in [3.63, 3.8) is 0 Å². The molecule has 2 aliphatic rings. The first-order valence-corrected chi connectivity index (χ1v) is 14.6. The van der Waals surface area contributed by atoms with Crippen LogP contribution in [0.15, 0.2) is 41.7 Å². The number of hydrogen-bond acceptors (Lipinski definition) is 6. The van der Waals surface area contributed by atoms with Crippen LogP contribution < -0.4 is 4.90 Å². The molecule has 3 heterocycles. The third kappa shape index (κ3) is 4.98. The van der Waals surface area contributed by atoms with Gasteiger partial charge in [0.1, 0.15) is 17.6 Å². The maximum Gasteiger partial charge on any atom is 0.409 e. The Morgan fingerprint density at radius 3 is 2.42 bits per heavy atom. The van der Waals surface area contributed by atoms with Crippen LogP contribution in [0.5, 0.6) is 0 Å². The predicted molar refractivity (Wildman–Crippen MR) is 140 cm³/mol. The molecule has 2 aromatic heterocycles. The van der Waals surface area contributed by atoms with Crippen molar-refractivity contribution < 1.29 is 31.2 Å². The number of carbonyl (C=O) groups is 2. The second kappa shape index (κ2) is 9.72. The van der Waals surface area contributed by atoms with E-state index in [0.717, 1.165) is 26.0 Å². The highest BCUT2D eigenvalue weighted by atomic mass is 32.2. The number of alkyl halides is 3. The highest BCUT2D eigenvalue weighted by Gasteiger charge is 2.45. The van der Waals surface area contributed by atoms with Gasteiger partial charge in [-0.05, 0) is 80.5 Å². The first-order valence-electron chi connectivity index (χ1n) is 12.7. The molecular formula is C27H28F3N5O4S. The number of anilines is 1. The van der Waals surface area contributed by atoms with Crippen LogP contribution in [0.4, 0.5) is 19.0 Å². The number of halogens is 3. The summed E-state index contributed by atoms with van der Waals surface area (Å²) in [5.74, 6) is -1.24. The Morgan fingerprint density at radius 1 is 1.15 bits per heavy atom. The van der Waals surface area contributed by atoms with Gasteiger partial charge in [-0.25, -0.2) is 18.4 Å². The smallest absolute Gasteiger partial charge is 0.348 e. The summed E-state index contributed by atoms with van der Waals surface area (Å²) in [5, 5.41) is 0. The number of sulfone groups is 1. The number of benzene rings is 1. The molecule has 13 heteroatoms. The Morgan fingerprint density at radius 2 is 1.85 bits per heavy atom. The molecule has 1 saturated carbocycles. The molecule has 2 amide bonds. The van der Waals surface area contributed by atoms with E-state index >= 15 is 0 Å². The van der Waals surface area contributed by atoms with Gasteiger partial charge < -0.3 is 9.88 Å². The van der Waals surface area contributed by atoms with Crippen LogP contribution in [0, 0.1) is 12.8 Å². The summed E-state index contributed by atoms with van der Waals surface area (Å²) >= 11 is 0. The molecule has 1 aliphatic carbocycles. The monoisotopic (exact) mass is 575 g/mol. The average molecular weight is 576 g/mol. The minimum Gasteiger partial charge on any atom is -0.348 e. The summed E-state index contributed by atoms with van der Waals surface area (Å²) in [4.78, 5) is 39.3. The van der Waals surface area contributed by atoms with E-state index < -0.39 is 28.0 Å². The number of carbonyl (C=O) groups excluding carboxylic acids is 2. The van der Waals surface area contributed by atoms with Crippen LogP contribution >= 0.6 is 0 Å². The molecule has 3 aromatic rings. The van der Waals surface area contributed by atoms with Gasteiger partial charge in [-0.3, -0.25) is 14.5 Å².